The molecule has 29 heavy (non-hydrogen) atoms. The van der Waals surface area contributed by atoms with E-state index in [2.05, 4.69) is 5.16 Å². The molecule has 0 N–H and O–H groups in total. The van der Waals surface area contributed by atoms with Gasteiger partial charge in [0.1, 0.15) is 5.82 Å². The Morgan fingerprint density at radius 2 is 1.93 bits per heavy atom. The van der Waals surface area contributed by atoms with Gasteiger partial charge in [-0.05, 0) is 37.1 Å². The highest BCUT2D eigenvalue weighted by atomic mass is 19.4. The minimum Gasteiger partial charge on any atom is -0.387 e. The first-order valence-corrected chi connectivity index (χ1v) is 9.24. The van der Waals surface area contributed by atoms with Gasteiger partial charge in [0.15, 0.2) is 5.60 Å². The quantitative estimate of drug-likeness (QED) is 0.682. The fourth-order valence-corrected chi connectivity index (χ4v) is 3.85. The van der Waals surface area contributed by atoms with E-state index in [0.29, 0.717) is 30.7 Å². The molecule has 0 aromatic heterocycles. The molecule has 1 saturated heterocycles. The summed E-state index contributed by atoms with van der Waals surface area (Å²) in [6, 6.07) is 10.7. The normalized spacial score (nSPS) is 21.8. The molecule has 8 heteroatoms. The molecule has 1 fully saturated rings. The maximum Gasteiger partial charge on any atom is 0.416 e. The number of benzene rings is 2. The molecule has 1 amide bonds. The van der Waals surface area contributed by atoms with E-state index < -0.39 is 29.1 Å². The summed E-state index contributed by atoms with van der Waals surface area (Å²) in [4.78, 5) is 19.9. The summed E-state index contributed by atoms with van der Waals surface area (Å²) in [5.41, 5.74) is -0.811. The van der Waals surface area contributed by atoms with Crippen LogP contribution in [0.2, 0.25) is 0 Å². The summed E-state index contributed by atoms with van der Waals surface area (Å²) in [5.74, 6) is -1.02. The van der Waals surface area contributed by atoms with Gasteiger partial charge in [-0.15, -0.1) is 0 Å². The van der Waals surface area contributed by atoms with E-state index in [1.54, 1.807) is 12.1 Å². The predicted octanol–water partition coefficient (Wildman–Crippen LogP) is 4.64. The molecule has 4 nitrogen and oxygen atoms in total. The second-order valence-corrected chi connectivity index (χ2v) is 7.38. The lowest BCUT2D eigenvalue weighted by molar-refractivity contribution is -0.137. The number of oxime groups is 1. The molecule has 0 saturated carbocycles. The van der Waals surface area contributed by atoms with Gasteiger partial charge in [-0.3, -0.25) is 4.79 Å². The lowest BCUT2D eigenvalue weighted by Gasteiger charge is -2.38. The van der Waals surface area contributed by atoms with Crippen molar-refractivity contribution >= 4 is 11.6 Å². The summed E-state index contributed by atoms with van der Waals surface area (Å²) in [7, 11) is 0. The van der Waals surface area contributed by atoms with Crippen LogP contribution in [0.1, 0.15) is 40.7 Å². The van der Waals surface area contributed by atoms with Crippen molar-refractivity contribution in [1.29, 1.82) is 0 Å². The van der Waals surface area contributed by atoms with Crippen LogP contribution >= 0.6 is 0 Å². The van der Waals surface area contributed by atoms with Crippen molar-refractivity contribution < 1.29 is 27.2 Å². The lowest BCUT2D eigenvalue weighted by Crippen LogP contribution is -2.50. The predicted molar refractivity (Wildman–Crippen MR) is 98.0 cm³/mol. The number of hydrogen-bond donors (Lipinski definition) is 0. The Bertz CT molecular complexity index is 973. The second-order valence-electron chi connectivity index (χ2n) is 7.38. The Balaban J connectivity index is 1.51. The van der Waals surface area contributed by atoms with Crippen molar-refractivity contribution in [3.8, 4) is 0 Å². The summed E-state index contributed by atoms with van der Waals surface area (Å²) >= 11 is 0. The van der Waals surface area contributed by atoms with Gasteiger partial charge in [-0.2, -0.15) is 13.2 Å². The van der Waals surface area contributed by atoms with Crippen LogP contribution in [0.5, 0.6) is 0 Å². The molecule has 0 radical (unpaired) electrons. The third-order valence-corrected chi connectivity index (χ3v) is 5.29. The maximum absolute atomic E-state index is 14.0. The zero-order valence-corrected chi connectivity index (χ0v) is 15.4. The van der Waals surface area contributed by atoms with Crippen LogP contribution < -0.4 is 0 Å². The number of amides is 1. The van der Waals surface area contributed by atoms with Crippen molar-refractivity contribution in [3.63, 3.8) is 0 Å². The van der Waals surface area contributed by atoms with E-state index in [1.165, 1.54) is 29.2 Å². The summed E-state index contributed by atoms with van der Waals surface area (Å²) < 4.78 is 53.0. The number of carbonyl (C=O) groups excluding carboxylic acids is 1. The Labute approximate surface area is 164 Å². The zero-order valence-electron chi connectivity index (χ0n) is 15.4. The molecule has 2 heterocycles. The number of alkyl halides is 3. The van der Waals surface area contributed by atoms with E-state index >= 15 is 0 Å². The Morgan fingerprint density at radius 1 is 1.14 bits per heavy atom. The van der Waals surface area contributed by atoms with Gasteiger partial charge in [0.25, 0.3) is 5.91 Å². The van der Waals surface area contributed by atoms with Gasteiger partial charge in [-0.1, -0.05) is 29.4 Å². The summed E-state index contributed by atoms with van der Waals surface area (Å²) in [6.07, 6.45) is -2.91. The number of halogens is 4. The molecular formula is C21H18F4N2O2. The number of carbonyl (C=O) groups is 1. The smallest absolute Gasteiger partial charge is 0.387 e. The fourth-order valence-electron chi connectivity index (χ4n) is 3.85. The highest BCUT2D eigenvalue weighted by molar-refractivity contribution is 6.02. The van der Waals surface area contributed by atoms with Crippen molar-refractivity contribution in [2.24, 2.45) is 5.16 Å². The number of likely N-dealkylation sites (tertiary alicyclic amines) is 1. The van der Waals surface area contributed by atoms with Crippen LogP contribution in [0.3, 0.4) is 0 Å². The molecule has 2 aromatic carbocycles. The highest BCUT2D eigenvalue weighted by Gasteiger charge is 2.45. The standard InChI is InChI=1S/C21H18F4N2O2/c22-17-8-2-1-7-16(17)19(28)27-10-4-9-20(13-27)12-18(26-29-20)14-5-3-6-15(11-14)21(23,24)25/h1-3,5-8,11H,4,9-10,12-13H2. The second kappa shape index (κ2) is 7.17. The van der Waals surface area contributed by atoms with Gasteiger partial charge < -0.3 is 9.74 Å². The third-order valence-electron chi connectivity index (χ3n) is 5.29. The molecule has 2 aromatic rings. The van der Waals surface area contributed by atoms with E-state index in [-0.39, 0.29) is 18.5 Å². The zero-order chi connectivity index (χ0) is 20.6. The minimum absolute atomic E-state index is 0.0124. The minimum atomic E-state index is -4.44. The van der Waals surface area contributed by atoms with E-state index in [4.69, 9.17) is 4.84 Å². The van der Waals surface area contributed by atoms with Crippen molar-refractivity contribution in [1.82, 2.24) is 4.90 Å². The first-order valence-electron chi connectivity index (χ1n) is 9.24. The Kier molecular flexibility index (Phi) is 4.80. The van der Waals surface area contributed by atoms with Gasteiger partial charge in [0.05, 0.1) is 23.4 Å². The molecule has 4 rings (SSSR count). The maximum atomic E-state index is 14.0. The Hall–Kier alpha value is -2.90. The number of hydrogen-bond acceptors (Lipinski definition) is 3. The largest absolute Gasteiger partial charge is 0.416 e. The number of rotatable bonds is 2. The van der Waals surface area contributed by atoms with Crippen LogP contribution in [0.25, 0.3) is 0 Å². The molecule has 0 aliphatic carbocycles. The monoisotopic (exact) mass is 406 g/mol. The molecule has 152 valence electrons. The van der Waals surface area contributed by atoms with Crippen LogP contribution in [-0.4, -0.2) is 35.2 Å². The molecule has 1 unspecified atom stereocenters. The van der Waals surface area contributed by atoms with Gasteiger partial charge in [-0.25, -0.2) is 4.39 Å². The van der Waals surface area contributed by atoms with Crippen molar-refractivity contribution in [2.45, 2.75) is 31.0 Å². The van der Waals surface area contributed by atoms with Crippen LogP contribution in [0, 0.1) is 5.82 Å². The highest BCUT2D eigenvalue weighted by Crippen LogP contribution is 2.37. The molecular weight excluding hydrogens is 388 g/mol. The first-order chi connectivity index (χ1) is 13.8. The summed E-state index contributed by atoms with van der Waals surface area (Å²) in [5, 5.41) is 4.03. The van der Waals surface area contributed by atoms with E-state index in [1.807, 2.05) is 0 Å². The van der Waals surface area contributed by atoms with Gasteiger partial charge in [0, 0.05) is 18.5 Å². The van der Waals surface area contributed by atoms with Crippen molar-refractivity contribution in [3.05, 3.63) is 71.0 Å². The molecule has 1 atom stereocenters. The SMILES string of the molecule is O=C(c1ccccc1F)N1CCCC2(CC(c3cccc(C(F)(F)F)c3)=NO2)C1. The lowest BCUT2D eigenvalue weighted by atomic mass is 9.86. The molecule has 0 bridgehead atoms. The van der Waals surface area contributed by atoms with E-state index in [0.717, 1.165) is 12.1 Å². The van der Waals surface area contributed by atoms with Crippen molar-refractivity contribution in [2.75, 3.05) is 13.1 Å². The van der Waals surface area contributed by atoms with Crippen LogP contribution in [-0.2, 0) is 11.0 Å². The first kappa shape index (κ1) is 19.4. The number of nitrogens with zero attached hydrogens (tertiary/aromatic N) is 2. The third kappa shape index (κ3) is 3.83. The fraction of sp³-hybridized carbons (Fsp3) is 0.333. The average molecular weight is 406 g/mol. The van der Waals surface area contributed by atoms with E-state index in [9.17, 15) is 22.4 Å². The molecule has 1 spiro atoms. The Morgan fingerprint density at radius 3 is 2.69 bits per heavy atom. The summed E-state index contributed by atoms with van der Waals surface area (Å²) in [6.45, 7) is 0.656. The molecule has 2 aliphatic rings. The van der Waals surface area contributed by atoms with Gasteiger partial charge >= 0.3 is 6.18 Å². The molecule has 2 aliphatic heterocycles. The number of piperidine rings is 1. The van der Waals surface area contributed by atoms with Gasteiger partial charge in [0.2, 0.25) is 0 Å². The van der Waals surface area contributed by atoms with Crippen LogP contribution in [0.4, 0.5) is 17.6 Å². The average Bonchev–Trinajstić information content (AvgIpc) is 3.10. The topological polar surface area (TPSA) is 41.9 Å². The van der Waals surface area contributed by atoms with Crippen LogP contribution in [0.15, 0.2) is 53.7 Å².